The molecule has 2 rings (SSSR count). The first-order valence-electron chi connectivity index (χ1n) is 9.88. The Morgan fingerprint density at radius 3 is 2.38 bits per heavy atom. The van der Waals surface area contributed by atoms with Gasteiger partial charge in [0.2, 0.25) is 11.9 Å². The van der Waals surface area contributed by atoms with Crippen LogP contribution in [0.5, 0.6) is 11.5 Å². The van der Waals surface area contributed by atoms with Crippen molar-refractivity contribution < 1.29 is 36.4 Å². The first-order chi connectivity index (χ1) is 16.0. The standard InChI is InChI=1S/C21H26N4O8S/c1-13(2)32-14-6-5-7-16(10-14)34(28,29)33-15-8-9-17(23-19(26)12-30-3)18(11-15)24-20(22)25-21(27)31-4/h5-11,13H,12H2,1-4H3,(H,23,26)(H3,22,24,25,27). The van der Waals surface area contributed by atoms with E-state index in [1.807, 2.05) is 13.8 Å². The van der Waals surface area contributed by atoms with Crippen molar-refractivity contribution >= 4 is 39.5 Å². The minimum absolute atomic E-state index is 0.0652. The zero-order valence-electron chi connectivity index (χ0n) is 19.0. The molecule has 0 saturated heterocycles. The number of anilines is 2. The molecule has 0 aliphatic heterocycles. The van der Waals surface area contributed by atoms with Crippen LogP contribution in [0, 0.1) is 5.41 Å². The average Bonchev–Trinajstić information content (AvgIpc) is 2.75. The molecule has 0 aliphatic rings. The van der Waals surface area contributed by atoms with Gasteiger partial charge in [0.25, 0.3) is 0 Å². The van der Waals surface area contributed by atoms with Gasteiger partial charge in [-0.2, -0.15) is 8.42 Å². The van der Waals surface area contributed by atoms with Crippen LogP contribution in [0.1, 0.15) is 13.8 Å². The van der Waals surface area contributed by atoms with E-state index < -0.39 is 28.1 Å². The number of alkyl carbamates (subject to hydrolysis) is 1. The van der Waals surface area contributed by atoms with Crippen LogP contribution in [0.25, 0.3) is 0 Å². The SMILES string of the molecule is COCC(=O)Nc1ccc(OS(=O)(=O)c2cccc(OC(C)C)c2)cc1NC(=N)NC(=O)OC. The van der Waals surface area contributed by atoms with Gasteiger partial charge in [-0.15, -0.1) is 0 Å². The van der Waals surface area contributed by atoms with Gasteiger partial charge in [-0.1, -0.05) is 6.07 Å². The molecule has 4 N–H and O–H groups in total. The van der Waals surface area contributed by atoms with Crippen LogP contribution in [0.4, 0.5) is 16.2 Å². The largest absolute Gasteiger partial charge is 0.491 e. The summed E-state index contributed by atoms with van der Waals surface area (Å²) in [4.78, 5) is 23.2. The van der Waals surface area contributed by atoms with Gasteiger partial charge >= 0.3 is 16.2 Å². The summed E-state index contributed by atoms with van der Waals surface area (Å²) >= 11 is 0. The van der Waals surface area contributed by atoms with Crippen LogP contribution in [0.15, 0.2) is 47.4 Å². The molecule has 0 radical (unpaired) electrons. The second-order valence-corrected chi connectivity index (χ2v) is 8.53. The van der Waals surface area contributed by atoms with Crippen LogP contribution in [-0.2, 0) is 24.4 Å². The van der Waals surface area contributed by atoms with Gasteiger partial charge in [0, 0.05) is 19.2 Å². The third-order valence-corrected chi connectivity index (χ3v) is 5.13. The first-order valence-corrected chi connectivity index (χ1v) is 11.3. The van der Waals surface area contributed by atoms with E-state index in [4.69, 9.17) is 19.1 Å². The van der Waals surface area contributed by atoms with Crippen LogP contribution >= 0.6 is 0 Å². The highest BCUT2D eigenvalue weighted by atomic mass is 32.2. The number of methoxy groups -OCH3 is 2. The van der Waals surface area contributed by atoms with Gasteiger partial charge in [-0.3, -0.25) is 15.5 Å². The number of ether oxygens (including phenoxy) is 3. The third kappa shape index (κ3) is 7.94. The van der Waals surface area contributed by atoms with Crippen LogP contribution in [0.2, 0.25) is 0 Å². The molecule has 0 unspecified atom stereocenters. The predicted octanol–water partition coefficient (Wildman–Crippen LogP) is 2.53. The summed E-state index contributed by atoms with van der Waals surface area (Å²) in [6.07, 6.45) is -1.05. The second kappa shape index (κ2) is 11.9. The fraction of sp³-hybridized carbons (Fsp3) is 0.286. The number of amides is 2. The van der Waals surface area contributed by atoms with Crippen molar-refractivity contribution in [3.8, 4) is 11.5 Å². The molecule has 0 saturated carbocycles. The molecule has 12 nitrogen and oxygen atoms in total. The number of hydrogen-bond donors (Lipinski definition) is 4. The normalized spacial score (nSPS) is 10.9. The Balaban J connectivity index is 2.33. The van der Waals surface area contributed by atoms with E-state index in [-0.39, 0.29) is 34.7 Å². The van der Waals surface area contributed by atoms with Crippen LogP contribution in [0.3, 0.4) is 0 Å². The fourth-order valence-corrected chi connectivity index (χ4v) is 3.53. The highest BCUT2D eigenvalue weighted by Crippen LogP contribution is 2.30. The monoisotopic (exact) mass is 494 g/mol. The van der Waals surface area contributed by atoms with Crippen molar-refractivity contribution in [2.45, 2.75) is 24.8 Å². The van der Waals surface area contributed by atoms with Crippen molar-refractivity contribution in [1.82, 2.24) is 5.32 Å². The van der Waals surface area contributed by atoms with E-state index in [0.717, 1.165) is 7.11 Å². The Kier molecular flexibility index (Phi) is 9.21. The predicted molar refractivity (Wildman–Crippen MR) is 124 cm³/mol. The molecule has 0 aliphatic carbocycles. The maximum atomic E-state index is 12.8. The number of benzene rings is 2. The number of nitrogens with one attached hydrogen (secondary N) is 4. The van der Waals surface area contributed by atoms with Crippen molar-refractivity contribution in [3.05, 3.63) is 42.5 Å². The summed E-state index contributed by atoms with van der Waals surface area (Å²) in [6, 6.07) is 9.76. The fourth-order valence-electron chi connectivity index (χ4n) is 2.57. The highest BCUT2D eigenvalue weighted by Gasteiger charge is 2.19. The summed E-state index contributed by atoms with van der Waals surface area (Å²) < 4.78 is 45.6. The first kappa shape index (κ1) is 26.4. The quantitative estimate of drug-likeness (QED) is 0.233. The molecule has 2 amide bonds. The van der Waals surface area contributed by atoms with Gasteiger partial charge in [0.05, 0.1) is 24.6 Å². The van der Waals surface area contributed by atoms with E-state index >= 15 is 0 Å². The Morgan fingerprint density at radius 1 is 1.00 bits per heavy atom. The lowest BCUT2D eigenvalue weighted by Gasteiger charge is -2.16. The van der Waals surface area contributed by atoms with Gasteiger partial charge in [0.1, 0.15) is 23.0 Å². The minimum atomic E-state index is -4.24. The van der Waals surface area contributed by atoms with Crippen molar-refractivity contribution in [2.24, 2.45) is 0 Å². The van der Waals surface area contributed by atoms with Gasteiger partial charge in [-0.25, -0.2) is 4.79 Å². The summed E-state index contributed by atoms with van der Waals surface area (Å²) in [6.45, 7) is 3.39. The van der Waals surface area contributed by atoms with Crippen molar-refractivity contribution in [2.75, 3.05) is 31.5 Å². The maximum Gasteiger partial charge on any atom is 0.413 e. The number of carbonyl (C=O) groups excluding carboxylic acids is 2. The number of hydrogen-bond acceptors (Lipinski definition) is 9. The Hall–Kier alpha value is -3.84. The summed E-state index contributed by atoms with van der Waals surface area (Å²) in [5.41, 5.74) is 0.242. The second-order valence-electron chi connectivity index (χ2n) is 6.98. The summed E-state index contributed by atoms with van der Waals surface area (Å²) in [7, 11) is -1.77. The molecule has 2 aromatic rings. The average molecular weight is 495 g/mol. The van der Waals surface area contributed by atoms with E-state index in [1.54, 1.807) is 6.07 Å². The van der Waals surface area contributed by atoms with E-state index in [0.29, 0.717) is 5.75 Å². The maximum absolute atomic E-state index is 12.8. The molecule has 34 heavy (non-hydrogen) atoms. The zero-order chi connectivity index (χ0) is 25.3. The van der Waals surface area contributed by atoms with Gasteiger partial charge in [-0.05, 0) is 38.1 Å². The summed E-state index contributed by atoms with van der Waals surface area (Å²) in [5.74, 6) is -0.747. The lowest BCUT2D eigenvalue weighted by atomic mass is 10.2. The molecule has 2 aromatic carbocycles. The van der Waals surface area contributed by atoms with E-state index in [9.17, 15) is 18.0 Å². The van der Waals surface area contributed by atoms with Gasteiger partial charge in [0.15, 0.2) is 0 Å². The molecule has 0 atom stereocenters. The molecule has 0 heterocycles. The smallest absolute Gasteiger partial charge is 0.413 e. The Bertz CT molecular complexity index is 1150. The lowest BCUT2D eigenvalue weighted by Crippen LogP contribution is -2.35. The summed E-state index contributed by atoms with van der Waals surface area (Å²) in [5, 5.41) is 15.0. The molecule has 184 valence electrons. The molecule has 0 aromatic heterocycles. The Labute approximate surface area is 197 Å². The van der Waals surface area contributed by atoms with Crippen molar-refractivity contribution in [1.29, 1.82) is 5.41 Å². The minimum Gasteiger partial charge on any atom is -0.491 e. The van der Waals surface area contributed by atoms with E-state index in [1.165, 1.54) is 43.5 Å². The lowest BCUT2D eigenvalue weighted by molar-refractivity contribution is -0.119. The van der Waals surface area contributed by atoms with Crippen molar-refractivity contribution in [3.63, 3.8) is 0 Å². The molecule has 0 fully saturated rings. The van der Waals surface area contributed by atoms with E-state index in [2.05, 4.69) is 20.7 Å². The number of rotatable bonds is 9. The Morgan fingerprint density at radius 2 is 1.74 bits per heavy atom. The zero-order valence-corrected chi connectivity index (χ0v) is 19.8. The number of guanidine groups is 1. The van der Waals surface area contributed by atoms with Crippen LogP contribution in [-0.4, -0.2) is 53.3 Å². The molecule has 0 spiro atoms. The third-order valence-electron chi connectivity index (χ3n) is 3.88. The van der Waals surface area contributed by atoms with Gasteiger partial charge < -0.3 is 29.0 Å². The molecule has 13 heteroatoms. The van der Waals surface area contributed by atoms with Crippen LogP contribution < -0.4 is 24.9 Å². The molecule has 0 bridgehead atoms. The topological polar surface area (TPSA) is 165 Å². The highest BCUT2D eigenvalue weighted by molar-refractivity contribution is 7.87. The molecular weight excluding hydrogens is 468 g/mol. The number of carbonyl (C=O) groups is 2. The molecular formula is C21H26N4O8S.